The molecule has 0 aromatic heterocycles. The highest BCUT2D eigenvalue weighted by Crippen LogP contribution is 2.26. The van der Waals surface area contributed by atoms with Crippen molar-refractivity contribution >= 4 is 5.69 Å². The third kappa shape index (κ3) is 1.89. The lowest BCUT2D eigenvalue weighted by molar-refractivity contribution is 0.415. The Morgan fingerprint density at radius 1 is 1.33 bits per heavy atom. The molecule has 2 rings (SSSR count). The second-order valence-electron chi connectivity index (χ2n) is 3.47. The van der Waals surface area contributed by atoms with Crippen LogP contribution in [0.25, 0.3) is 0 Å². The fraction of sp³-hybridized carbons (Fsp3) is 0.231. The molecule has 2 heteroatoms. The van der Waals surface area contributed by atoms with Crippen LogP contribution in [0.2, 0.25) is 0 Å². The Kier molecular flexibility index (Phi) is 2.77. The van der Waals surface area contributed by atoms with Crippen molar-refractivity contribution in [3.8, 4) is 5.75 Å². The first-order valence-corrected chi connectivity index (χ1v) is 5.09. The zero-order valence-electron chi connectivity index (χ0n) is 8.94. The van der Waals surface area contributed by atoms with Crippen LogP contribution < -0.4 is 9.64 Å². The minimum absolute atomic E-state index is 0.891. The average molecular weight is 201 g/mol. The highest BCUT2D eigenvalue weighted by molar-refractivity contribution is 5.57. The molecule has 1 aromatic rings. The van der Waals surface area contributed by atoms with Gasteiger partial charge in [0.1, 0.15) is 5.75 Å². The van der Waals surface area contributed by atoms with Crippen molar-refractivity contribution in [2.24, 2.45) is 0 Å². The van der Waals surface area contributed by atoms with Crippen LogP contribution in [0.15, 0.2) is 48.7 Å². The Hall–Kier alpha value is -1.70. The van der Waals surface area contributed by atoms with Gasteiger partial charge in [-0.25, -0.2) is 0 Å². The van der Waals surface area contributed by atoms with Gasteiger partial charge in [0.15, 0.2) is 0 Å². The Morgan fingerprint density at radius 2 is 2.07 bits per heavy atom. The Labute approximate surface area is 90.5 Å². The Morgan fingerprint density at radius 3 is 2.67 bits per heavy atom. The molecule has 0 saturated heterocycles. The number of nitrogens with zero attached hydrogens (tertiary/aromatic N) is 1. The van der Waals surface area contributed by atoms with E-state index in [2.05, 4.69) is 29.7 Å². The van der Waals surface area contributed by atoms with E-state index in [9.17, 15) is 0 Å². The first kappa shape index (κ1) is 9.84. The van der Waals surface area contributed by atoms with Crippen LogP contribution in [0.5, 0.6) is 5.75 Å². The van der Waals surface area contributed by atoms with Crippen LogP contribution in [0.1, 0.15) is 6.42 Å². The van der Waals surface area contributed by atoms with E-state index < -0.39 is 0 Å². The van der Waals surface area contributed by atoms with Crippen molar-refractivity contribution in [3.63, 3.8) is 0 Å². The molecule has 78 valence electrons. The molecule has 2 nitrogen and oxygen atoms in total. The molecule has 0 unspecified atom stereocenters. The summed E-state index contributed by atoms with van der Waals surface area (Å²) in [4.78, 5) is 2.26. The van der Waals surface area contributed by atoms with Gasteiger partial charge in [0.2, 0.25) is 0 Å². The van der Waals surface area contributed by atoms with E-state index >= 15 is 0 Å². The third-order valence-corrected chi connectivity index (χ3v) is 2.61. The zero-order valence-corrected chi connectivity index (χ0v) is 8.94. The van der Waals surface area contributed by atoms with Crippen molar-refractivity contribution in [2.75, 3.05) is 18.6 Å². The summed E-state index contributed by atoms with van der Waals surface area (Å²) in [5.74, 6) is 0.891. The van der Waals surface area contributed by atoms with Gasteiger partial charge in [-0.05, 0) is 36.8 Å². The molecule has 0 spiro atoms. The van der Waals surface area contributed by atoms with Crippen molar-refractivity contribution < 1.29 is 4.74 Å². The number of benzene rings is 1. The second-order valence-corrected chi connectivity index (χ2v) is 3.47. The molecule has 0 fully saturated rings. The quantitative estimate of drug-likeness (QED) is 0.745. The maximum atomic E-state index is 5.13. The van der Waals surface area contributed by atoms with E-state index in [4.69, 9.17) is 4.74 Å². The summed E-state index contributed by atoms with van der Waals surface area (Å²) >= 11 is 0. The van der Waals surface area contributed by atoms with Crippen molar-refractivity contribution in [1.29, 1.82) is 0 Å². The van der Waals surface area contributed by atoms with E-state index in [1.165, 1.54) is 11.4 Å². The number of methoxy groups -OCH3 is 1. The molecule has 0 aliphatic carbocycles. The molecule has 1 aromatic carbocycles. The molecule has 1 heterocycles. The predicted octanol–water partition coefficient (Wildman–Crippen LogP) is 2.98. The molecular weight excluding hydrogens is 186 g/mol. The SMILES string of the molecule is C=CC1=CCCN1c1ccc(OC)cc1. The molecule has 0 radical (unpaired) electrons. The minimum Gasteiger partial charge on any atom is -0.497 e. The molecular formula is C13H15NO. The van der Waals surface area contributed by atoms with Gasteiger partial charge in [-0.2, -0.15) is 0 Å². The van der Waals surface area contributed by atoms with E-state index in [-0.39, 0.29) is 0 Å². The summed E-state index contributed by atoms with van der Waals surface area (Å²) in [7, 11) is 1.68. The van der Waals surface area contributed by atoms with Crippen LogP contribution in [-0.2, 0) is 0 Å². The van der Waals surface area contributed by atoms with E-state index in [1.54, 1.807) is 7.11 Å². The number of hydrogen-bond acceptors (Lipinski definition) is 2. The van der Waals surface area contributed by atoms with Crippen molar-refractivity contribution in [2.45, 2.75) is 6.42 Å². The smallest absolute Gasteiger partial charge is 0.119 e. The highest BCUT2D eigenvalue weighted by Gasteiger charge is 2.13. The van der Waals surface area contributed by atoms with Crippen molar-refractivity contribution in [3.05, 3.63) is 48.7 Å². The van der Waals surface area contributed by atoms with E-state index in [1.807, 2.05) is 18.2 Å². The third-order valence-electron chi connectivity index (χ3n) is 2.61. The summed E-state index contributed by atoms with van der Waals surface area (Å²) in [5.41, 5.74) is 2.39. The molecule has 0 amide bonds. The van der Waals surface area contributed by atoms with Crippen LogP contribution in [0.4, 0.5) is 5.69 Å². The lowest BCUT2D eigenvalue weighted by Gasteiger charge is -2.20. The molecule has 0 atom stereocenters. The lowest BCUT2D eigenvalue weighted by atomic mass is 10.2. The summed E-state index contributed by atoms with van der Waals surface area (Å²) in [5, 5.41) is 0. The van der Waals surface area contributed by atoms with Gasteiger partial charge in [0.05, 0.1) is 7.11 Å². The normalized spacial score (nSPS) is 15.0. The Balaban J connectivity index is 2.22. The fourth-order valence-corrected chi connectivity index (χ4v) is 1.81. The summed E-state index contributed by atoms with van der Waals surface area (Å²) in [6, 6.07) is 8.10. The van der Waals surface area contributed by atoms with Gasteiger partial charge in [-0.3, -0.25) is 0 Å². The van der Waals surface area contributed by atoms with E-state index in [0.29, 0.717) is 0 Å². The summed E-state index contributed by atoms with van der Waals surface area (Å²) in [6.07, 6.45) is 5.20. The van der Waals surface area contributed by atoms with E-state index in [0.717, 1.165) is 18.7 Å². The highest BCUT2D eigenvalue weighted by atomic mass is 16.5. The number of hydrogen-bond donors (Lipinski definition) is 0. The molecule has 1 aliphatic rings. The number of rotatable bonds is 3. The number of ether oxygens (including phenoxy) is 1. The largest absolute Gasteiger partial charge is 0.497 e. The zero-order chi connectivity index (χ0) is 10.7. The van der Waals surface area contributed by atoms with Crippen LogP contribution in [0.3, 0.4) is 0 Å². The summed E-state index contributed by atoms with van der Waals surface area (Å²) in [6.45, 7) is 4.85. The molecule has 1 aliphatic heterocycles. The van der Waals surface area contributed by atoms with Gasteiger partial charge >= 0.3 is 0 Å². The maximum Gasteiger partial charge on any atom is 0.119 e. The topological polar surface area (TPSA) is 12.5 Å². The minimum atomic E-state index is 0.891. The standard InChI is InChI=1S/C13H15NO/c1-3-11-5-4-10-14(11)12-6-8-13(15-2)9-7-12/h3,5-9H,1,4,10H2,2H3. The fourth-order valence-electron chi connectivity index (χ4n) is 1.81. The first-order chi connectivity index (χ1) is 7.35. The van der Waals surface area contributed by atoms with Crippen LogP contribution in [0, 0.1) is 0 Å². The molecule has 0 N–H and O–H groups in total. The lowest BCUT2D eigenvalue weighted by Crippen LogP contribution is -2.16. The van der Waals surface area contributed by atoms with Crippen LogP contribution in [-0.4, -0.2) is 13.7 Å². The monoisotopic (exact) mass is 201 g/mol. The van der Waals surface area contributed by atoms with Gasteiger partial charge in [-0.1, -0.05) is 12.7 Å². The average Bonchev–Trinajstić information content (AvgIpc) is 2.77. The molecule has 0 saturated carbocycles. The number of anilines is 1. The predicted molar refractivity (Wildman–Crippen MR) is 63.2 cm³/mol. The molecule has 15 heavy (non-hydrogen) atoms. The maximum absolute atomic E-state index is 5.13. The van der Waals surface area contributed by atoms with Crippen LogP contribution >= 0.6 is 0 Å². The first-order valence-electron chi connectivity index (χ1n) is 5.09. The van der Waals surface area contributed by atoms with Gasteiger partial charge in [0, 0.05) is 17.9 Å². The summed E-state index contributed by atoms with van der Waals surface area (Å²) < 4.78 is 5.13. The van der Waals surface area contributed by atoms with Gasteiger partial charge in [0.25, 0.3) is 0 Å². The molecule has 0 bridgehead atoms. The van der Waals surface area contributed by atoms with Gasteiger partial charge < -0.3 is 9.64 Å². The van der Waals surface area contributed by atoms with Gasteiger partial charge in [-0.15, -0.1) is 0 Å². The second kappa shape index (κ2) is 4.22. The Bertz CT molecular complexity index is 378. The van der Waals surface area contributed by atoms with Crippen molar-refractivity contribution in [1.82, 2.24) is 0 Å². The number of allylic oxidation sites excluding steroid dienone is 1.